The van der Waals surface area contributed by atoms with Gasteiger partial charge in [-0.1, -0.05) is 12.1 Å². The standard InChI is InChI=1S/C20H24N2O4S/c1-15-3-4-16(2)20(11-15)27(23,24)22-9-7-21(8-10-22)13-17-5-6-18-19(12-17)26-14-25-18/h3-6,11-12H,7-10,13-14H2,1-2H3/p+1. The Kier molecular flexibility index (Phi) is 4.84. The summed E-state index contributed by atoms with van der Waals surface area (Å²) in [6.07, 6.45) is 0. The van der Waals surface area contributed by atoms with Crippen molar-refractivity contribution in [3.8, 4) is 11.5 Å². The first-order chi connectivity index (χ1) is 12.9. The molecule has 0 amide bonds. The van der Waals surface area contributed by atoms with E-state index in [1.807, 2.05) is 38.1 Å². The van der Waals surface area contributed by atoms with Crippen LogP contribution in [0.3, 0.4) is 0 Å². The monoisotopic (exact) mass is 389 g/mol. The van der Waals surface area contributed by atoms with E-state index in [0.29, 0.717) is 18.0 Å². The molecule has 2 aromatic carbocycles. The average Bonchev–Trinajstić information content (AvgIpc) is 3.12. The lowest BCUT2D eigenvalue weighted by molar-refractivity contribution is -0.917. The molecule has 0 bridgehead atoms. The lowest BCUT2D eigenvalue weighted by Crippen LogP contribution is -3.13. The van der Waals surface area contributed by atoms with E-state index in [9.17, 15) is 8.42 Å². The molecule has 4 rings (SSSR count). The van der Waals surface area contributed by atoms with E-state index in [-0.39, 0.29) is 6.79 Å². The Morgan fingerprint density at radius 2 is 1.74 bits per heavy atom. The summed E-state index contributed by atoms with van der Waals surface area (Å²) in [7, 11) is -3.44. The SMILES string of the molecule is Cc1ccc(C)c(S(=O)(=O)N2CC[NH+](Cc3ccc4c(c3)OCO4)CC2)c1. The van der Waals surface area contributed by atoms with Gasteiger partial charge in [0.05, 0.1) is 31.1 Å². The topological polar surface area (TPSA) is 60.3 Å². The molecule has 0 aromatic heterocycles. The van der Waals surface area contributed by atoms with Crippen molar-refractivity contribution in [1.82, 2.24) is 4.31 Å². The quantitative estimate of drug-likeness (QED) is 0.852. The first-order valence-corrected chi connectivity index (χ1v) is 10.7. The highest BCUT2D eigenvalue weighted by atomic mass is 32.2. The van der Waals surface area contributed by atoms with Crippen LogP contribution in [0.25, 0.3) is 0 Å². The van der Waals surface area contributed by atoms with Gasteiger partial charge in [-0.2, -0.15) is 4.31 Å². The van der Waals surface area contributed by atoms with Crippen LogP contribution in [0, 0.1) is 13.8 Å². The number of benzene rings is 2. The van der Waals surface area contributed by atoms with Gasteiger partial charge >= 0.3 is 0 Å². The Morgan fingerprint density at radius 3 is 2.52 bits per heavy atom. The fraction of sp³-hybridized carbons (Fsp3) is 0.400. The second-order valence-electron chi connectivity index (χ2n) is 7.29. The van der Waals surface area contributed by atoms with Crippen molar-refractivity contribution in [1.29, 1.82) is 0 Å². The van der Waals surface area contributed by atoms with Crippen molar-refractivity contribution < 1.29 is 22.8 Å². The minimum absolute atomic E-state index is 0.278. The molecule has 0 atom stereocenters. The summed E-state index contributed by atoms with van der Waals surface area (Å²) in [6.45, 7) is 7.57. The highest BCUT2D eigenvalue weighted by Gasteiger charge is 2.31. The number of quaternary nitrogens is 1. The maximum atomic E-state index is 13.0. The second kappa shape index (κ2) is 7.14. The molecule has 144 valence electrons. The van der Waals surface area contributed by atoms with Crippen LogP contribution < -0.4 is 14.4 Å². The average molecular weight is 389 g/mol. The van der Waals surface area contributed by atoms with Crippen molar-refractivity contribution in [3.63, 3.8) is 0 Å². The van der Waals surface area contributed by atoms with E-state index >= 15 is 0 Å². The molecule has 0 aliphatic carbocycles. The van der Waals surface area contributed by atoms with Crippen molar-refractivity contribution in [3.05, 3.63) is 53.1 Å². The van der Waals surface area contributed by atoms with Crippen LogP contribution in [0.4, 0.5) is 0 Å². The lowest BCUT2D eigenvalue weighted by Gasteiger charge is -2.32. The molecule has 1 fully saturated rings. The molecule has 27 heavy (non-hydrogen) atoms. The van der Waals surface area contributed by atoms with Gasteiger partial charge in [0.2, 0.25) is 16.8 Å². The van der Waals surface area contributed by atoms with Gasteiger partial charge in [0.1, 0.15) is 6.54 Å². The van der Waals surface area contributed by atoms with Gasteiger partial charge in [-0.25, -0.2) is 8.42 Å². The molecule has 2 aliphatic heterocycles. The zero-order chi connectivity index (χ0) is 19.0. The number of rotatable bonds is 4. The first kappa shape index (κ1) is 18.3. The number of piperazine rings is 1. The second-order valence-corrected chi connectivity index (χ2v) is 9.19. The van der Waals surface area contributed by atoms with E-state index in [1.54, 1.807) is 10.4 Å². The van der Waals surface area contributed by atoms with Crippen molar-refractivity contribution >= 4 is 10.0 Å². The minimum atomic E-state index is -3.44. The molecule has 0 saturated carbocycles. The number of hydrogen-bond acceptors (Lipinski definition) is 4. The van der Waals surface area contributed by atoms with E-state index in [2.05, 4.69) is 6.07 Å². The Bertz CT molecular complexity index is 950. The molecule has 0 spiro atoms. The molecule has 2 heterocycles. The van der Waals surface area contributed by atoms with E-state index in [0.717, 1.165) is 42.3 Å². The largest absolute Gasteiger partial charge is 0.454 e. The molecule has 2 aliphatic rings. The minimum Gasteiger partial charge on any atom is -0.454 e. The van der Waals surface area contributed by atoms with Gasteiger partial charge in [0.15, 0.2) is 11.5 Å². The smallest absolute Gasteiger partial charge is 0.243 e. The molecular weight excluding hydrogens is 364 g/mol. The predicted octanol–water partition coefficient (Wildman–Crippen LogP) is 1.12. The molecular formula is C20H25N2O4S+. The van der Waals surface area contributed by atoms with E-state index < -0.39 is 10.0 Å². The zero-order valence-electron chi connectivity index (χ0n) is 15.7. The van der Waals surface area contributed by atoms with E-state index in [1.165, 1.54) is 10.5 Å². The van der Waals surface area contributed by atoms with Gasteiger partial charge in [0.25, 0.3) is 0 Å². The number of sulfonamides is 1. The maximum absolute atomic E-state index is 13.0. The number of fused-ring (bicyclic) bond motifs is 1. The Morgan fingerprint density at radius 1 is 1.00 bits per heavy atom. The van der Waals surface area contributed by atoms with Crippen LogP contribution in [-0.4, -0.2) is 45.7 Å². The highest BCUT2D eigenvalue weighted by Crippen LogP contribution is 2.32. The zero-order valence-corrected chi connectivity index (χ0v) is 16.5. The van der Waals surface area contributed by atoms with Crippen molar-refractivity contribution in [2.45, 2.75) is 25.3 Å². The van der Waals surface area contributed by atoms with E-state index in [4.69, 9.17) is 9.47 Å². The van der Waals surface area contributed by atoms with Crippen molar-refractivity contribution in [2.24, 2.45) is 0 Å². The Hall–Kier alpha value is -2.09. The lowest BCUT2D eigenvalue weighted by atomic mass is 10.2. The van der Waals surface area contributed by atoms with Gasteiger partial charge in [-0.3, -0.25) is 0 Å². The number of nitrogens with one attached hydrogen (secondary N) is 1. The number of hydrogen-bond donors (Lipinski definition) is 1. The fourth-order valence-electron chi connectivity index (χ4n) is 3.68. The van der Waals surface area contributed by atoms with Crippen molar-refractivity contribution in [2.75, 3.05) is 33.0 Å². The van der Waals surface area contributed by atoms with Crippen LogP contribution in [-0.2, 0) is 16.6 Å². The Labute approximate surface area is 160 Å². The highest BCUT2D eigenvalue weighted by molar-refractivity contribution is 7.89. The van der Waals surface area contributed by atoms with Gasteiger partial charge in [-0.05, 0) is 49.2 Å². The number of ether oxygens (including phenoxy) is 2. The third-order valence-electron chi connectivity index (χ3n) is 5.28. The summed E-state index contributed by atoms with van der Waals surface area (Å²) >= 11 is 0. The molecule has 0 radical (unpaired) electrons. The summed E-state index contributed by atoms with van der Waals surface area (Å²) in [5.74, 6) is 1.58. The van der Waals surface area contributed by atoms with Gasteiger partial charge in [0, 0.05) is 5.56 Å². The van der Waals surface area contributed by atoms with Crippen LogP contribution in [0.2, 0.25) is 0 Å². The van der Waals surface area contributed by atoms with Crippen LogP contribution >= 0.6 is 0 Å². The summed E-state index contributed by atoms with van der Waals surface area (Å²) in [5.41, 5.74) is 2.95. The van der Waals surface area contributed by atoms with Crippen LogP contribution in [0.15, 0.2) is 41.3 Å². The molecule has 1 saturated heterocycles. The van der Waals surface area contributed by atoms with Gasteiger partial charge in [-0.15, -0.1) is 0 Å². The molecule has 0 unspecified atom stereocenters. The molecule has 6 nitrogen and oxygen atoms in total. The maximum Gasteiger partial charge on any atom is 0.243 e. The number of nitrogens with zero attached hydrogens (tertiary/aromatic N) is 1. The molecule has 1 N–H and O–H groups in total. The van der Waals surface area contributed by atoms with Gasteiger partial charge < -0.3 is 14.4 Å². The summed E-state index contributed by atoms with van der Waals surface area (Å²) in [5, 5.41) is 0. The number of aryl methyl sites for hydroxylation is 2. The fourth-order valence-corrected chi connectivity index (χ4v) is 5.43. The Balaban J connectivity index is 1.42. The summed E-state index contributed by atoms with van der Waals surface area (Å²) in [4.78, 5) is 1.81. The first-order valence-electron chi connectivity index (χ1n) is 9.23. The third kappa shape index (κ3) is 3.67. The van der Waals surface area contributed by atoms with Crippen LogP contribution in [0.1, 0.15) is 16.7 Å². The van der Waals surface area contributed by atoms with Crippen LogP contribution in [0.5, 0.6) is 11.5 Å². The third-order valence-corrected chi connectivity index (χ3v) is 7.32. The summed E-state index contributed by atoms with van der Waals surface area (Å²) in [6, 6.07) is 11.6. The summed E-state index contributed by atoms with van der Waals surface area (Å²) < 4.78 is 38.5. The molecule has 7 heteroatoms. The molecule has 2 aromatic rings. The normalized spacial score (nSPS) is 18.0. The predicted molar refractivity (Wildman–Crippen MR) is 102 cm³/mol.